The lowest BCUT2D eigenvalue weighted by atomic mass is 10.3. The van der Waals surface area contributed by atoms with E-state index in [1.165, 1.54) is 0 Å². The fourth-order valence-corrected chi connectivity index (χ4v) is 1.26. The van der Waals surface area contributed by atoms with Gasteiger partial charge in [0.15, 0.2) is 5.82 Å². The molecule has 2 rings (SSSR count). The van der Waals surface area contributed by atoms with Crippen LogP contribution >= 0.6 is 15.9 Å². The summed E-state index contributed by atoms with van der Waals surface area (Å²) in [6, 6.07) is -0.166. The zero-order chi connectivity index (χ0) is 9.42. The van der Waals surface area contributed by atoms with Crippen LogP contribution < -0.4 is 5.73 Å². The zero-order valence-electron chi connectivity index (χ0n) is 6.98. The summed E-state index contributed by atoms with van der Waals surface area (Å²) < 4.78 is 2.46. The van der Waals surface area contributed by atoms with E-state index in [1.54, 1.807) is 16.9 Å². The largest absolute Gasteiger partial charge is 0.321 e. The van der Waals surface area contributed by atoms with E-state index in [2.05, 4.69) is 31.0 Å². The monoisotopic (exact) mass is 241 g/mol. The van der Waals surface area contributed by atoms with Gasteiger partial charge in [0, 0.05) is 12.4 Å². The summed E-state index contributed by atoms with van der Waals surface area (Å²) in [6.45, 7) is 1.84. The molecule has 0 aliphatic rings. The smallest absolute Gasteiger partial charge is 0.252 e. The lowest BCUT2D eigenvalue weighted by molar-refractivity contribution is 0.733. The topological polar surface area (TPSA) is 69.1 Å². The summed E-state index contributed by atoms with van der Waals surface area (Å²) in [5.41, 5.74) is 5.64. The number of fused-ring (bicyclic) bond motifs is 1. The molecule has 0 aliphatic carbocycles. The van der Waals surface area contributed by atoms with Crippen molar-refractivity contribution in [3.63, 3.8) is 0 Å². The zero-order valence-corrected chi connectivity index (χ0v) is 8.56. The van der Waals surface area contributed by atoms with Crippen LogP contribution in [0.25, 0.3) is 5.78 Å². The van der Waals surface area contributed by atoms with Crippen molar-refractivity contribution >= 4 is 21.7 Å². The van der Waals surface area contributed by atoms with Gasteiger partial charge in [-0.2, -0.15) is 4.98 Å². The highest BCUT2D eigenvalue weighted by molar-refractivity contribution is 9.10. The lowest BCUT2D eigenvalue weighted by Gasteiger charge is -1.93. The van der Waals surface area contributed by atoms with E-state index in [1.807, 2.05) is 6.92 Å². The highest BCUT2D eigenvalue weighted by Crippen LogP contribution is 2.09. The summed E-state index contributed by atoms with van der Waals surface area (Å²) in [7, 11) is 0. The maximum Gasteiger partial charge on any atom is 0.252 e. The predicted octanol–water partition coefficient (Wildman–Crippen LogP) is 0.907. The first-order valence-corrected chi connectivity index (χ1v) is 4.59. The molecule has 13 heavy (non-hydrogen) atoms. The van der Waals surface area contributed by atoms with Crippen molar-refractivity contribution in [1.82, 2.24) is 19.6 Å². The molecule has 0 radical (unpaired) electrons. The molecule has 0 aromatic carbocycles. The van der Waals surface area contributed by atoms with E-state index < -0.39 is 0 Å². The fraction of sp³-hybridized carbons (Fsp3) is 0.286. The molecule has 0 bridgehead atoms. The Hall–Kier alpha value is -1.01. The Kier molecular flexibility index (Phi) is 2.01. The van der Waals surface area contributed by atoms with Gasteiger partial charge in [-0.25, -0.2) is 9.50 Å². The maximum absolute atomic E-state index is 5.64. The van der Waals surface area contributed by atoms with Crippen LogP contribution in [0.2, 0.25) is 0 Å². The van der Waals surface area contributed by atoms with Gasteiger partial charge in [-0.1, -0.05) is 0 Å². The maximum atomic E-state index is 5.64. The molecule has 0 spiro atoms. The van der Waals surface area contributed by atoms with Crippen LogP contribution in [0.5, 0.6) is 0 Å². The Morgan fingerprint density at radius 3 is 3.08 bits per heavy atom. The Bertz CT molecular complexity index is 435. The van der Waals surface area contributed by atoms with E-state index in [4.69, 9.17) is 5.73 Å². The molecule has 6 heteroatoms. The summed E-state index contributed by atoms with van der Waals surface area (Å²) in [5.74, 6) is 1.17. The molecule has 2 heterocycles. The first kappa shape index (κ1) is 8.58. The standard InChI is InChI=1S/C7H8BrN5/c1-4(9)6-11-7-10-2-5(8)3-13(7)12-6/h2-4H,9H2,1H3. The van der Waals surface area contributed by atoms with Crippen LogP contribution in [0.3, 0.4) is 0 Å². The quantitative estimate of drug-likeness (QED) is 0.806. The molecule has 0 saturated heterocycles. The van der Waals surface area contributed by atoms with E-state index in [0.29, 0.717) is 11.6 Å². The lowest BCUT2D eigenvalue weighted by Crippen LogP contribution is -2.07. The summed E-state index contributed by atoms with van der Waals surface area (Å²) in [5, 5.41) is 4.16. The number of hydrogen-bond acceptors (Lipinski definition) is 4. The van der Waals surface area contributed by atoms with E-state index in [9.17, 15) is 0 Å². The average molecular weight is 242 g/mol. The molecular weight excluding hydrogens is 234 g/mol. The molecule has 2 N–H and O–H groups in total. The van der Waals surface area contributed by atoms with Crippen molar-refractivity contribution in [3.05, 3.63) is 22.7 Å². The van der Waals surface area contributed by atoms with Crippen LogP contribution in [0.15, 0.2) is 16.9 Å². The van der Waals surface area contributed by atoms with Gasteiger partial charge in [0.05, 0.1) is 10.5 Å². The molecular formula is C7H8BrN5. The number of hydrogen-bond donors (Lipinski definition) is 1. The van der Waals surface area contributed by atoms with Crippen molar-refractivity contribution < 1.29 is 0 Å². The molecule has 0 aliphatic heterocycles. The van der Waals surface area contributed by atoms with Crippen molar-refractivity contribution in [3.8, 4) is 0 Å². The summed E-state index contributed by atoms with van der Waals surface area (Å²) >= 11 is 3.30. The molecule has 0 saturated carbocycles. The van der Waals surface area contributed by atoms with Gasteiger partial charge >= 0.3 is 0 Å². The second-order valence-corrected chi connectivity index (χ2v) is 3.69. The highest BCUT2D eigenvalue weighted by atomic mass is 79.9. The van der Waals surface area contributed by atoms with Gasteiger partial charge in [-0.3, -0.25) is 0 Å². The normalized spacial score (nSPS) is 13.5. The third kappa shape index (κ3) is 1.54. The van der Waals surface area contributed by atoms with Gasteiger partial charge in [0.1, 0.15) is 0 Å². The van der Waals surface area contributed by atoms with E-state index in [0.717, 1.165) is 4.47 Å². The van der Waals surface area contributed by atoms with Crippen molar-refractivity contribution in [1.29, 1.82) is 0 Å². The van der Waals surface area contributed by atoms with Crippen molar-refractivity contribution in [2.24, 2.45) is 5.73 Å². The Morgan fingerprint density at radius 1 is 1.62 bits per heavy atom. The summed E-state index contributed by atoms with van der Waals surface area (Å²) in [6.07, 6.45) is 3.47. The summed E-state index contributed by atoms with van der Waals surface area (Å²) in [4.78, 5) is 8.22. The first-order chi connectivity index (χ1) is 6.16. The number of nitrogens with two attached hydrogens (primary N) is 1. The third-order valence-corrected chi connectivity index (χ3v) is 2.00. The van der Waals surface area contributed by atoms with Gasteiger partial charge in [-0.05, 0) is 22.9 Å². The Labute approximate surface area is 83.1 Å². The van der Waals surface area contributed by atoms with Crippen LogP contribution in [-0.4, -0.2) is 19.6 Å². The molecule has 1 unspecified atom stereocenters. The van der Waals surface area contributed by atoms with E-state index >= 15 is 0 Å². The molecule has 0 amide bonds. The predicted molar refractivity (Wildman–Crippen MR) is 51.1 cm³/mol. The third-order valence-electron chi connectivity index (χ3n) is 1.59. The minimum absolute atomic E-state index is 0.166. The highest BCUT2D eigenvalue weighted by Gasteiger charge is 2.07. The number of rotatable bonds is 1. The SMILES string of the molecule is CC(N)c1nc2ncc(Br)cn2n1. The average Bonchev–Trinajstić information content (AvgIpc) is 2.46. The Balaban J connectivity index is 2.62. The number of halogens is 1. The number of nitrogens with zero attached hydrogens (tertiary/aromatic N) is 4. The van der Waals surface area contributed by atoms with Crippen molar-refractivity contribution in [2.75, 3.05) is 0 Å². The van der Waals surface area contributed by atoms with E-state index in [-0.39, 0.29) is 6.04 Å². The minimum Gasteiger partial charge on any atom is -0.321 e. The van der Waals surface area contributed by atoms with Gasteiger partial charge in [0.25, 0.3) is 5.78 Å². The molecule has 68 valence electrons. The van der Waals surface area contributed by atoms with Crippen molar-refractivity contribution in [2.45, 2.75) is 13.0 Å². The minimum atomic E-state index is -0.166. The molecule has 1 atom stereocenters. The molecule has 2 aromatic heterocycles. The van der Waals surface area contributed by atoms with Gasteiger partial charge < -0.3 is 5.73 Å². The first-order valence-electron chi connectivity index (χ1n) is 3.80. The van der Waals surface area contributed by atoms with Crippen LogP contribution in [0.4, 0.5) is 0 Å². The van der Waals surface area contributed by atoms with Crippen LogP contribution in [0.1, 0.15) is 18.8 Å². The van der Waals surface area contributed by atoms with Crippen LogP contribution in [0, 0.1) is 0 Å². The fourth-order valence-electron chi connectivity index (χ4n) is 0.968. The number of aromatic nitrogens is 4. The Morgan fingerprint density at radius 2 is 2.38 bits per heavy atom. The van der Waals surface area contributed by atoms with Crippen LogP contribution in [-0.2, 0) is 0 Å². The molecule has 2 aromatic rings. The van der Waals surface area contributed by atoms with Gasteiger partial charge in [0.2, 0.25) is 0 Å². The second kappa shape index (κ2) is 3.04. The molecule has 5 nitrogen and oxygen atoms in total. The second-order valence-electron chi connectivity index (χ2n) is 2.78. The molecule has 0 fully saturated rings. The van der Waals surface area contributed by atoms with Gasteiger partial charge in [-0.15, -0.1) is 5.10 Å².